The van der Waals surface area contributed by atoms with Crippen LogP contribution in [0.1, 0.15) is 104 Å². The Kier molecular flexibility index (Phi) is 8.53. The molecule has 2 saturated heterocycles. The highest BCUT2D eigenvalue weighted by Gasteiger charge is 2.53. The summed E-state index contributed by atoms with van der Waals surface area (Å²) in [6.45, 7) is 7.24. The third kappa shape index (κ3) is 5.25. The average molecular weight is 509 g/mol. The standard InChI is InChI=1S/C29H52N2O3S/c1-21-9-3-5-11-25(21)23-13-15-24(16-14-23)29-26-19-30(17-7-8-18-31(26)27(29)20-32)35(33,34)28-12-6-4-10-22(28)2/h21-29,32H,3-20H2,1-2H3/t21?,22?,23?,24?,25?,26?,27-,28?,29+/m1/s1. The molecule has 0 spiro atoms. The first-order chi connectivity index (χ1) is 16.9. The summed E-state index contributed by atoms with van der Waals surface area (Å²) in [6.07, 6.45) is 17.0. The summed E-state index contributed by atoms with van der Waals surface area (Å²) in [7, 11) is -3.26. The molecule has 5 rings (SSSR count). The van der Waals surface area contributed by atoms with Crippen LogP contribution in [0.2, 0.25) is 0 Å². The SMILES string of the molecule is CC1CCCCC1C1CCC([C@H]2C3CN(S(=O)(=O)C4CCCCC4C)CCCCN3[C@@H]2CO)CC1. The first-order valence-corrected chi connectivity index (χ1v) is 16.8. The molecular formula is C29H52N2O3S. The van der Waals surface area contributed by atoms with Crippen LogP contribution in [0.25, 0.3) is 0 Å². The Hall–Kier alpha value is -0.170. The summed E-state index contributed by atoms with van der Waals surface area (Å²) in [6, 6.07) is 0.544. The van der Waals surface area contributed by atoms with Gasteiger partial charge in [0.15, 0.2) is 0 Å². The second-order valence-electron chi connectivity index (χ2n) is 13.1. The monoisotopic (exact) mass is 508 g/mol. The van der Waals surface area contributed by atoms with Crippen molar-refractivity contribution in [2.75, 3.05) is 26.2 Å². The fraction of sp³-hybridized carbons (Fsp3) is 1.00. The highest BCUT2D eigenvalue weighted by Crippen LogP contribution is 2.49. The van der Waals surface area contributed by atoms with E-state index in [1.54, 1.807) is 0 Å². The predicted molar refractivity (Wildman–Crippen MR) is 143 cm³/mol. The summed E-state index contributed by atoms with van der Waals surface area (Å²) in [5, 5.41) is 10.2. The highest BCUT2D eigenvalue weighted by molar-refractivity contribution is 7.89. The maximum Gasteiger partial charge on any atom is 0.217 e. The number of sulfonamides is 1. The number of hydrogen-bond acceptors (Lipinski definition) is 4. The normalized spacial score (nSPS) is 44.6. The molecule has 0 aromatic heterocycles. The fourth-order valence-corrected chi connectivity index (χ4v) is 11.6. The predicted octanol–water partition coefficient (Wildman–Crippen LogP) is 5.28. The van der Waals surface area contributed by atoms with E-state index >= 15 is 0 Å². The Morgan fingerprint density at radius 1 is 0.743 bits per heavy atom. The second-order valence-corrected chi connectivity index (χ2v) is 15.3. The van der Waals surface area contributed by atoms with Gasteiger partial charge in [-0.1, -0.05) is 46.0 Å². The number of rotatable bonds is 5. The van der Waals surface area contributed by atoms with Gasteiger partial charge in [0.05, 0.1) is 11.9 Å². The Labute approximate surface area is 215 Å². The maximum absolute atomic E-state index is 13.8. The zero-order valence-electron chi connectivity index (χ0n) is 22.5. The van der Waals surface area contributed by atoms with Gasteiger partial charge in [0.2, 0.25) is 10.0 Å². The summed E-state index contributed by atoms with van der Waals surface area (Å²) >= 11 is 0. The van der Waals surface area contributed by atoms with Gasteiger partial charge in [0.25, 0.3) is 0 Å². The summed E-state index contributed by atoms with van der Waals surface area (Å²) in [5.74, 6) is 4.10. The largest absolute Gasteiger partial charge is 0.395 e. The van der Waals surface area contributed by atoms with Crippen molar-refractivity contribution in [3.8, 4) is 0 Å². The van der Waals surface area contributed by atoms with E-state index in [1.807, 2.05) is 4.31 Å². The lowest BCUT2D eigenvalue weighted by atomic mass is 9.61. The van der Waals surface area contributed by atoms with E-state index in [9.17, 15) is 13.5 Å². The van der Waals surface area contributed by atoms with Crippen molar-refractivity contribution in [2.45, 2.75) is 121 Å². The molecule has 5 aliphatic rings. The molecule has 5 nitrogen and oxygen atoms in total. The Balaban J connectivity index is 1.27. The minimum atomic E-state index is -3.26. The minimum Gasteiger partial charge on any atom is -0.395 e. The van der Waals surface area contributed by atoms with E-state index in [-0.39, 0.29) is 23.8 Å². The third-order valence-corrected chi connectivity index (χ3v) is 13.8. The quantitative estimate of drug-likeness (QED) is 0.549. The zero-order chi connectivity index (χ0) is 24.6. The number of aliphatic hydroxyl groups is 1. The van der Waals surface area contributed by atoms with Crippen molar-refractivity contribution in [1.29, 1.82) is 0 Å². The van der Waals surface area contributed by atoms with Crippen LogP contribution in [0.15, 0.2) is 0 Å². The fourth-order valence-electron chi connectivity index (χ4n) is 9.29. The second kappa shape index (κ2) is 11.3. The van der Waals surface area contributed by atoms with Crippen molar-refractivity contribution in [1.82, 2.24) is 9.21 Å². The molecule has 0 aromatic rings. The molecule has 7 atom stereocenters. The van der Waals surface area contributed by atoms with Gasteiger partial charge < -0.3 is 5.11 Å². The van der Waals surface area contributed by atoms with E-state index in [4.69, 9.17) is 0 Å². The van der Waals surface area contributed by atoms with E-state index in [1.165, 1.54) is 57.8 Å². The lowest BCUT2D eigenvalue weighted by Gasteiger charge is -2.60. The van der Waals surface area contributed by atoms with E-state index < -0.39 is 10.0 Å². The first-order valence-electron chi connectivity index (χ1n) is 15.3. The van der Waals surface area contributed by atoms with Crippen molar-refractivity contribution in [2.24, 2.45) is 35.5 Å². The van der Waals surface area contributed by atoms with Crippen molar-refractivity contribution < 1.29 is 13.5 Å². The van der Waals surface area contributed by atoms with E-state index in [0.717, 1.165) is 56.4 Å². The summed E-state index contributed by atoms with van der Waals surface area (Å²) < 4.78 is 29.6. The third-order valence-electron chi connectivity index (χ3n) is 11.3. The number of aliphatic hydroxyl groups excluding tert-OH is 1. The molecular weight excluding hydrogens is 456 g/mol. The molecule has 0 bridgehead atoms. The van der Waals surface area contributed by atoms with Crippen LogP contribution in [0.4, 0.5) is 0 Å². The lowest BCUT2D eigenvalue weighted by Crippen LogP contribution is -2.71. The van der Waals surface area contributed by atoms with Crippen LogP contribution in [0.5, 0.6) is 0 Å². The Morgan fingerprint density at radius 3 is 2.06 bits per heavy atom. The molecule has 202 valence electrons. The summed E-state index contributed by atoms with van der Waals surface area (Å²) in [5.41, 5.74) is 0. The zero-order valence-corrected chi connectivity index (χ0v) is 23.3. The van der Waals surface area contributed by atoms with Gasteiger partial charge in [-0.05, 0) is 99.8 Å². The maximum atomic E-state index is 13.8. The van der Waals surface area contributed by atoms with Crippen LogP contribution in [0, 0.1) is 35.5 Å². The average Bonchev–Trinajstić information content (AvgIpc) is 2.84. The number of fused-ring (bicyclic) bond motifs is 1. The van der Waals surface area contributed by atoms with Crippen molar-refractivity contribution >= 4 is 10.0 Å². The minimum absolute atomic E-state index is 0.191. The van der Waals surface area contributed by atoms with Gasteiger partial charge in [-0.2, -0.15) is 0 Å². The molecule has 6 heteroatoms. The first kappa shape index (κ1) is 26.4. The number of hydrogen-bond donors (Lipinski definition) is 1. The topological polar surface area (TPSA) is 60.9 Å². The van der Waals surface area contributed by atoms with E-state index in [2.05, 4.69) is 18.7 Å². The van der Waals surface area contributed by atoms with Gasteiger partial charge in [-0.25, -0.2) is 12.7 Å². The van der Waals surface area contributed by atoms with Gasteiger partial charge >= 0.3 is 0 Å². The lowest BCUT2D eigenvalue weighted by molar-refractivity contribution is -0.123. The van der Waals surface area contributed by atoms with Crippen LogP contribution < -0.4 is 0 Å². The molecule has 5 unspecified atom stereocenters. The molecule has 2 heterocycles. The highest BCUT2D eigenvalue weighted by atomic mass is 32.2. The molecule has 3 aliphatic carbocycles. The smallest absolute Gasteiger partial charge is 0.217 e. The van der Waals surface area contributed by atoms with Gasteiger partial charge in [0.1, 0.15) is 0 Å². The van der Waals surface area contributed by atoms with Crippen LogP contribution in [0.3, 0.4) is 0 Å². The molecule has 0 radical (unpaired) electrons. The van der Waals surface area contributed by atoms with E-state index in [0.29, 0.717) is 31.0 Å². The van der Waals surface area contributed by atoms with Gasteiger partial charge in [0, 0.05) is 25.2 Å². The molecule has 1 N–H and O–H groups in total. The van der Waals surface area contributed by atoms with Crippen molar-refractivity contribution in [3.05, 3.63) is 0 Å². The Morgan fingerprint density at radius 2 is 1.37 bits per heavy atom. The van der Waals surface area contributed by atoms with Gasteiger partial charge in [-0.3, -0.25) is 4.90 Å². The molecule has 0 aromatic carbocycles. The summed E-state index contributed by atoms with van der Waals surface area (Å²) in [4.78, 5) is 2.49. The van der Waals surface area contributed by atoms with Crippen LogP contribution in [-0.2, 0) is 10.0 Å². The van der Waals surface area contributed by atoms with Crippen molar-refractivity contribution in [3.63, 3.8) is 0 Å². The molecule has 35 heavy (non-hydrogen) atoms. The Bertz CT molecular complexity index is 796. The molecule has 2 aliphatic heterocycles. The molecule has 5 fully saturated rings. The molecule has 0 amide bonds. The van der Waals surface area contributed by atoms with Gasteiger partial charge in [-0.15, -0.1) is 0 Å². The number of nitrogens with zero attached hydrogens (tertiary/aromatic N) is 2. The van der Waals surface area contributed by atoms with Crippen LogP contribution in [-0.4, -0.2) is 66.3 Å². The van der Waals surface area contributed by atoms with Crippen LogP contribution >= 0.6 is 0 Å². The molecule has 3 saturated carbocycles.